The number of imidazole rings is 1. The third kappa shape index (κ3) is 5.06. The number of benzene rings is 2. The van der Waals surface area contributed by atoms with E-state index in [2.05, 4.69) is 15.3 Å². The summed E-state index contributed by atoms with van der Waals surface area (Å²) in [7, 11) is 0. The number of aromatic nitrogens is 5. The molecule has 10 nitrogen and oxygen atoms in total. The predicted octanol–water partition coefficient (Wildman–Crippen LogP) is 6.06. The van der Waals surface area contributed by atoms with E-state index in [-0.39, 0.29) is 39.5 Å². The van der Waals surface area contributed by atoms with Crippen molar-refractivity contribution in [2.75, 3.05) is 5.73 Å². The number of nitrogens with one attached hydrogen (secondary N) is 1. The van der Waals surface area contributed by atoms with Crippen molar-refractivity contribution in [1.82, 2.24) is 29.8 Å². The minimum Gasteiger partial charge on any atom is -0.507 e. The lowest BCUT2D eigenvalue weighted by Gasteiger charge is -2.16. The number of alkyl halides is 2. The molecule has 0 bridgehead atoms. The smallest absolute Gasteiger partial charge is 0.274 e. The van der Waals surface area contributed by atoms with Gasteiger partial charge in [-0.2, -0.15) is 0 Å². The second kappa shape index (κ2) is 11.2. The number of rotatable bonds is 7. The SMILES string of the molecule is Nc1ncccc1-c1nc2ccc(-c3ncc(C(F)F)s3)nc2n1-c1ccc2c(c1)CC[C@@H]2NC(=O)c1ccc(O)c(C=O)c1. The average Bonchev–Trinajstić information content (AvgIpc) is 3.78. The summed E-state index contributed by atoms with van der Waals surface area (Å²) < 4.78 is 28.4. The summed E-state index contributed by atoms with van der Waals surface area (Å²) >= 11 is 0.885. The van der Waals surface area contributed by atoms with E-state index in [1.54, 1.807) is 24.4 Å². The predicted molar refractivity (Wildman–Crippen MR) is 165 cm³/mol. The topological polar surface area (TPSA) is 149 Å². The number of nitrogens with two attached hydrogens (primary N) is 1. The van der Waals surface area contributed by atoms with Crippen molar-refractivity contribution in [3.63, 3.8) is 0 Å². The molecule has 1 amide bonds. The van der Waals surface area contributed by atoms with Gasteiger partial charge in [-0.05, 0) is 78.6 Å². The number of fused-ring (bicyclic) bond motifs is 2. The number of aromatic hydroxyl groups is 1. The van der Waals surface area contributed by atoms with Crippen LogP contribution in [0.3, 0.4) is 0 Å². The van der Waals surface area contributed by atoms with E-state index in [1.165, 1.54) is 18.2 Å². The lowest BCUT2D eigenvalue weighted by atomic mass is 10.1. The first kappa shape index (κ1) is 28.2. The maximum Gasteiger partial charge on any atom is 0.274 e. The van der Waals surface area contributed by atoms with Gasteiger partial charge in [0.05, 0.1) is 22.0 Å². The molecule has 1 aliphatic carbocycles. The molecule has 4 N–H and O–H groups in total. The number of carbonyl (C=O) groups excluding carboxylic acids is 2. The van der Waals surface area contributed by atoms with Crippen molar-refractivity contribution < 1.29 is 23.5 Å². The van der Waals surface area contributed by atoms with Crippen LogP contribution in [0, 0.1) is 0 Å². The molecule has 4 aromatic heterocycles. The van der Waals surface area contributed by atoms with Crippen LogP contribution in [0.2, 0.25) is 0 Å². The number of hydrogen-bond acceptors (Lipinski definition) is 9. The molecule has 0 saturated carbocycles. The summed E-state index contributed by atoms with van der Waals surface area (Å²) in [5.41, 5.74) is 11.4. The number of phenols is 1. The van der Waals surface area contributed by atoms with E-state index in [0.717, 1.165) is 34.3 Å². The molecule has 0 unspecified atom stereocenters. The zero-order chi connectivity index (χ0) is 31.2. The van der Waals surface area contributed by atoms with Gasteiger partial charge in [0, 0.05) is 23.6 Å². The summed E-state index contributed by atoms with van der Waals surface area (Å²) in [5, 5.41) is 13.2. The fraction of sp³-hybridized carbons (Fsp3) is 0.125. The number of amides is 1. The Morgan fingerprint density at radius 3 is 2.76 bits per heavy atom. The first-order valence-corrected chi connectivity index (χ1v) is 14.7. The number of carbonyl (C=O) groups is 2. The standard InChI is InChI=1S/C32H23F2N7O3S/c33-27(34)26-14-37-32(45-26)24-9-8-23-30(39-24)41(29(38-23)21-2-1-11-36-28(21)35)19-5-6-20-16(13-19)3-7-22(20)40-31(44)17-4-10-25(43)18(12-17)15-42/h1-2,4-6,8-15,22,27,43H,3,7H2,(H2,35,36)(H,40,44)/t22-/m0/s1. The van der Waals surface area contributed by atoms with Crippen LogP contribution >= 0.6 is 11.3 Å². The zero-order valence-corrected chi connectivity index (χ0v) is 24.1. The molecule has 4 heterocycles. The molecule has 0 spiro atoms. The Bertz CT molecular complexity index is 2130. The van der Waals surface area contributed by atoms with Gasteiger partial charge in [-0.3, -0.25) is 14.2 Å². The van der Waals surface area contributed by atoms with E-state index < -0.39 is 6.43 Å². The van der Waals surface area contributed by atoms with Gasteiger partial charge in [-0.1, -0.05) is 6.07 Å². The first-order chi connectivity index (χ1) is 21.8. The Morgan fingerprint density at radius 1 is 1.11 bits per heavy atom. The van der Waals surface area contributed by atoms with Gasteiger partial charge in [0.15, 0.2) is 17.8 Å². The molecule has 224 valence electrons. The second-order valence-corrected chi connectivity index (χ2v) is 11.5. The van der Waals surface area contributed by atoms with Crippen molar-refractivity contribution in [3.05, 3.63) is 100 Å². The molecule has 13 heteroatoms. The molecule has 2 aromatic carbocycles. The van der Waals surface area contributed by atoms with Gasteiger partial charge in [0.2, 0.25) is 0 Å². The number of phenolic OH excluding ortho intramolecular Hbond substituents is 1. The van der Waals surface area contributed by atoms with Gasteiger partial charge >= 0.3 is 0 Å². The summed E-state index contributed by atoms with van der Waals surface area (Å²) in [6.45, 7) is 0. The van der Waals surface area contributed by atoms with Crippen molar-refractivity contribution in [1.29, 1.82) is 0 Å². The fourth-order valence-electron chi connectivity index (χ4n) is 5.54. The van der Waals surface area contributed by atoms with E-state index in [9.17, 15) is 23.5 Å². The maximum atomic E-state index is 13.3. The van der Waals surface area contributed by atoms with Crippen LogP contribution in [-0.2, 0) is 6.42 Å². The summed E-state index contributed by atoms with van der Waals surface area (Å²) in [5.74, 6) is 0.246. The van der Waals surface area contributed by atoms with E-state index in [0.29, 0.717) is 52.4 Å². The Kier molecular flexibility index (Phi) is 7.01. The number of thiazole rings is 1. The lowest BCUT2D eigenvalue weighted by molar-refractivity contribution is 0.0936. The lowest BCUT2D eigenvalue weighted by Crippen LogP contribution is -2.27. The average molecular weight is 624 g/mol. The van der Waals surface area contributed by atoms with Gasteiger partial charge < -0.3 is 16.2 Å². The van der Waals surface area contributed by atoms with Crippen LogP contribution in [0.25, 0.3) is 38.9 Å². The van der Waals surface area contributed by atoms with Crippen LogP contribution in [0.4, 0.5) is 14.6 Å². The molecule has 7 rings (SSSR count). The molecule has 1 aliphatic rings. The van der Waals surface area contributed by atoms with E-state index in [4.69, 9.17) is 15.7 Å². The quantitative estimate of drug-likeness (QED) is 0.182. The van der Waals surface area contributed by atoms with Crippen molar-refractivity contribution in [3.8, 4) is 33.5 Å². The molecule has 6 aromatic rings. The van der Waals surface area contributed by atoms with Gasteiger partial charge in [0.1, 0.15) is 27.8 Å². The number of hydrogen-bond donors (Lipinski definition) is 3. The highest BCUT2D eigenvalue weighted by Crippen LogP contribution is 2.37. The second-order valence-electron chi connectivity index (χ2n) is 10.5. The first-order valence-electron chi connectivity index (χ1n) is 13.9. The Morgan fingerprint density at radius 2 is 1.98 bits per heavy atom. The number of nitrogen functional groups attached to an aromatic ring is 1. The van der Waals surface area contributed by atoms with Crippen molar-refractivity contribution in [2.24, 2.45) is 0 Å². The largest absolute Gasteiger partial charge is 0.507 e. The maximum absolute atomic E-state index is 13.3. The third-order valence-corrected chi connectivity index (χ3v) is 8.75. The normalized spacial score (nSPS) is 14.2. The number of pyridine rings is 2. The highest BCUT2D eigenvalue weighted by molar-refractivity contribution is 7.15. The minimum atomic E-state index is -2.62. The molecule has 45 heavy (non-hydrogen) atoms. The number of anilines is 1. The summed E-state index contributed by atoms with van der Waals surface area (Å²) in [6.07, 6.45) is 1.98. The highest BCUT2D eigenvalue weighted by Gasteiger charge is 2.27. The van der Waals surface area contributed by atoms with Crippen molar-refractivity contribution in [2.45, 2.75) is 25.3 Å². The molecule has 0 saturated heterocycles. The molecule has 0 radical (unpaired) electrons. The van der Waals surface area contributed by atoms with Crippen LogP contribution < -0.4 is 11.1 Å². The highest BCUT2D eigenvalue weighted by atomic mass is 32.1. The van der Waals surface area contributed by atoms with Crippen LogP contribution in [-0.4, -0.2) is 41.8 Å². The number of aldehydes is 1. The number of nitrogens with zero attached hydrogens (tertiary/aromatic N) is 5. The van der Waals surface area contributed by atoms with E-state index >= 15 is 0 Å². The van der Waals surface area contributed by atoms with Gasteiger partial charge in [0.25, 0.3) is 12.3 Å². The molecular formula is C32H23F2N7O3S. The zero-order valence-electron chi connectivity index (χ0n) is 23.3. The number of halogens is 2. The molecule has 0 aliphatic heterocycles. The summed E-state index contributed by atoms with van der Waals surface area (Å²) in [6, 6.07) is 16.8. The van der Waals surface area contributed by atoms with Crippen LogP contribution in [0.1, 0.15) is 55.6 Å². The Hall–Kier alpha value is -5.56. The van der Waals surface area contributed by atoms with Crippen LogP contribution in [0.15, 0.2) is 73.1 Å². The Labute approximate surface area is 258 Å². The monoisotopic (exact) mass is 623 g/mol. The minimum absolute atomic E-state index is 0.0396. The third-order valence-electron chi connectivity index (χ3n) is 7.73. The molecule has 0 fully saturated rings. The number of aryl methyl sites for hydroxylation is 1. The summed E-state index contributed by atoms with van der Waals surface area (Å²) in [4.78, 5) is 42.2. The molecule has 1 atom stereocenters. The fourth-order valence-corrected chi connectivity index (χ4v) is 6.28. The van der Waals surface area contributed by atoms with Crippen LogP contribution in [0.5, 0.6) is 5.75 Å². The Balaban J connectivity index is 1.29. The van der Waals surface area contributed by atoms with Crippen molar-refractivity contribution >= 4 is 40.5 Å². The molecular weight excluding hydrogens is 600 g/mol. The van der Waals surface area contributed by atoms with Gasteiger partial charge in [-0.25, -0.2) is 28.7 Å². The van der Waals surface area contributed by atoms with E-state index in [1.807, 2.05) is 28.8 Å². The van der Waals surface area contributed by atoms with Gasteiger partial charge in [-0.15, -0.1) is 11.3 Å².